The van der Waals surface area contributed by atoms with Gasteiger partial charge in [0.1, 0.15) is 0 Å². The summed E-state index contributed by atoms with van der Waals surface area (Å²) in [5, 5.41) is 17.4. The number of aliphatic hydroxyl groups is 1. The average Bonchev–Trinajstić information content (AvgIpc) is 3.39. The van der Waals surface area contributed by atoms with E-state index in [2.05, 4.69) is 42.2 Å². The minimum Gasteiger partial charge on any atom is -0.479 e. The second-order valence-corrected chi connectivity index (χ2v) is 7.98. The van der Waals surface area contributed by atoms with Crippen LogP contribution in [0.4, 0.5) is 0 Å². The Bertz CT molecular complexity index is 752. The van der Waals surface area contributed by atoms with Gasteiger partial charge in [0.2, 0.25) is 0 Å². The van der Waals surface area contributed by atoms with E-state index < -0.39 is 12.1 Å². The molecule has 1 aliphatic heterocycles. The van der Waals surface area contributed by atoms with Crippen LogP contribution in [-0.2, 0) is 11.3 Å². The van der Waals surface area contributed by atoms with E-state index in [0.29, 0.717) is 11.0 Å². The van der Waals surface area contributed by atoms with Gasteiger partial charge in [0.25, 0.3) is 0 Å². The first kappa shape index (κ1) is 19.5. The zero-order chi connectivity index (χ0) is 19.5. The standard InChI is InChI=1S/C14H20N2.C8H8O3/c1-13(15)10-16(11-14(13)7-8-14)9-12-5-3-2-4-6-12;9-7(8(10)11)6-4-2-1-3-5-6/h2-6H,7-11,15H2,1H3;1-5,7,9H,(H,10,11)/t13-;7-/m00/s1. The first-order valence-electron chi connectivity index (χ1n) is 9.34. The second kappa shape index (κ2) is 7.80. The van der Waals surface area contributed by atoms with Gasteiger partial charge < -0.3 is 15.9 Å². The molecule has 0 radical (unpaired) electrons. The fraction of sp³-hybridized carbons (Fsp3) is 0.409. The van der Waals surface area contributed by atoms with Crippen molar-refractivity contribution in [1.29, 1.82) is 0 Å². The number of nitrogens with two attached hydrogens (primary N) is 1. The number of carboxylic acid groups (broad SMARTS) is 1. The van der Waals surface area contributed by atoms with E-state index in [0.717, 1.165) is 13.1 Å². The smallest absolute Gasteiger partial charge is 0.337 e. The Morgan fingerprint density at radius 1 is 1.07 bits per heavy atom. The molecule has 27 heavy (non-hydrogen) atoms. The molecule has 1 saturated carbocycles. The molecule has 1 heterocycles. The van der Waals surface area contributed by atoms with Crippen LogP contribution in [0.3, 0.4) is 0 Å². The Balaban J connectivity index is 0.000000168. The highest BCUT2D eigenvalue weighted by Gasteiger charge is 2.59. The SMILES string of the molecule is C[C@]1(N)CN(Cc2ccccc2)CC12CC2.O=C(O)[C@@H](O)c1ccccc1. The highest BCUT2D eigenvalue weighted by molar-refractivity contribution is 5.73. The number of benzene rings is 2. The maximum absolute atomic E-state index is 10.2. The summed E-state index contributed by atoms with van der Waals surface area (Å²) in [5.74, 6) is -1.23. The highest BCUT2D eigenvalue weighted by Crippen LogP contribution is 2.57. The van der Waals surface area contributed by atoms with Gasteiger partial charge in [-0.1, -0.05) is 60.7 Å². The zero-order valence-corrected chi connectivity index (χ0v) is 15.7. The van der Waals surface area contributed by atoms with E-state index in [1.165, 1.54) is 24.9 Å². The maximum Gasteiger partial charge on any atom is 0.337 e. The van der Waals surface area contributed by atoms with Crippen molar-refractivity contribution < 1.29 is 15.0 Å². The van der Waals surface area contributed by atoms with Crippen LogP contribution < -0.4 is 5.73 Å². The normalized spacial score (nSPS) is 24.1. The summed E-state index contributed by atoms with van der Waals surface area (Å²) in [4.78, 5) is 12.8. The minimum atomic E-state index is -1.41. The Hall–Kier alpha value is -2.21. The third kappa shape index (κ3) is 4.56. The fourth-order valence-corrected chi connectivity index (χ4v) is 3.91. The number of nitrogens with zero attached hydrogens (tertiary/aromatic N) is 1. The quantitative estimate of drug-likeness (QED) is 0.772. The predicted molar refractivity (Wildman–Crippen MR) is 105 cm³/mol. The van der Waals surface area contributed by atoms with Gasteiger partial charge in [-0.3, -0.25) is 4.90 Å². The van der Waals surface area contributed by atoms with E-state index in [-0.39, 0.29) is 5.54 Å². The summed E-state index contributed by atoms with van der Waals surface area (Å²) in [6.45, 7) is 5.51. The molecule has 2 atom stereocenters. The first-order valence-corrected chi connectivity index (χ1v) is 9.34. The molecule has 0 amide bonds. The van der Waals surface area contributed by atoms with Crippen molar-refractivity contribution in [2.75, 3.05) is 13.1 Å². The summed E-state index contributed by atoms with van der Waals surface area (Å²) in [6, 6.07) is 19.0. The van der Waals surface area contributed by atoms with Crippen molar-refractivity contribution in [3.63, 3.8) is 0 Å². The van der Waals surface area contributed by atoms with Crippen LogP contribution in [0.1, 0.15) is 37.0 Å². The number of carboxylic acids is 1. The molecule has 2 aromatic rings. The molecule has 4 N–H and O–H groups in total. The third-order valence-electron chi connectivity index (χ3n) is 5.74. The summed E-state index contributed by atoms with van der Waals surface area (Å²) in [5.41, 5.74) is 8.70. The first-order chi connectivity index (χ1) is 12.8. The lowest BCUT2D eigenvalue weighted by Gasteiger charge is -2.25. The van der Waals surface area contributed by atoms with Crippen molar-refractivity contribution in [1.82, 2.24) is 4.90 Å². The van der Waals surface area contributed by atoms with Gasteiger partial charge in [0.05, 0.1) is 0 Å². The van der Waals surface area contributed by atoms with Gasteiger partial charge in [-0.2, -0.15) is 0 Å². The van der Waals surface area contributed by atoms with Crippen molar-refractivity contribution in [3.05, 3.63) is 71.8 Å². The molecular weight excluding hydrogens is 340 g/mol. The average molecular weight is 368 g/mol. The molecule has 2 fully saturated rings. The van der Waals surface area contributed by atoms with Gasteiger partial charge in [-0.05, 0) is 30.9 Å². The fourth-order valence-electron chi connectivity index (χ4n) is 3.91. The monoisotopic (exact) mass is 368 g/mol. The molecule has 1 saturated heterocycles. The van der Waals surface area contributed by atoms with Crippen molar-refractivity contribution in [3.8, 4) is 0 Å². The van der Waals surface area contributed by atoms with Crippen LogP contribution in [-0.4, -0.2) is 39.7 Å². The Morgan fingerprint density at radius 3 is 2.11 bits per heavy atom. The van der Waals surface area contributed by atoms with E-state index >= 15 is 0 Å². The summed E-state index contributed by atoms with van der Waals surface area (Å²) >= 11 is 0. The predicted octanol–water partition coefficient (Wildman–Crippen LogP) is 2.80. The van der Waals surface area contributed by atoms with Gasteiger partial charge in [-0.15, -0.1) is 0 Å². The van der Waals surface area contributed by atoms with Crippen molar-refractivity contribution >= 4 is 5.97 Å². The Labute approximate surface area is 160 Å². The molecule has 5 nitrogen and oxygen atoms in total. The Kier molecular flexibility index (Phi) is 5.65. The van der Waals surface area contributed by atoms with Crippen LogP contribution >= 0.6 is 0 Å². The van der Waals surface area contributed by atoms with Gasteiger partial charge in [0.15, 0.2) is 6.10 Å². The Morgan fingerprint density at radius 2 is 1.63 bits per heavy atom. The van der Waals surface area contributed by atoms with Crippen molar-refractivity contribution in [2.45, 2.75) is 38.0 Å². The molecule has 1 aliphatic carbocycles. The van der Waals surface area contributed by atoms with E-state index in [1.54, 1.807) is 30.3 Å². The number of rotatable bonds is 4. The molecule has 0 bridgehead atoms. The number of aliphatic hydroxyl groups excluding tert-OH is 1. The molecule has 4 rings (SSSR count). The summed E-state index contributed by atoms with van der Waals surface area (Å²) < 4.78 is 0. The highest BCUT2D eigenvalue weighted by atomic mass is 16.4. The van der Waals surface area contributed by atoms with Gasteiger partial charge in [-0.25, -0.2) is 4.79 Å². The molecule has 0 aromatic heterocycles. The lowest BCUT2D eigenvalue weighted by Crippen LogP contribution is -2.45. The van der Waals surface area contributed by atoms with Crippen molar-refractivity contribution in [2.24, 2.45) is 11.1 Å². The molecular formula is C22H28N2O3. The number of carbonyl (C=O) groups is 1. The van der Waals surface area contributed by atoms with E-state index in [9.17, 15) is 4.79 Å². The number of hydrogen-bond donors (Lipinski definition) is 3. The van der Waals surface area contributed by atoms with Crippen LogP contribution in [0.2, 0.25) is 0 Å². The molecule has 144 valence electrons. The van der Waals surface area contributed by atoms with E-state index in [1.807, 2.05) is 0 Å². The molecule has 5 heteroatoms. The number of hydrogen-bond acceptors (Lipinski definition) is 4. The molecule has 2 aliphatic rings. The van der Waals surface area contributed by atoms with Crippen LogP contribution in [0, 0.1) is 5.41 Å². The summed E-state index contributed by atoms with van der Waals surface area (Å²) in [6.07, 6.45) is 1.24. The van der Waals surface area contributed by atoms with Crippen LogP contribution in [0.15, 0.2) is 60.7 Å². The lowest BCUT2D eigenvalue weighted by atomic mass is 9.87. The topological polar surface area (TPSA) is 86.8 Å². The third-order valence-corrected chi connectivity index (χ3v) is 5.74. The zero-order valence-electron chi connectivity index (χ0n) is 15.7. The molecule has 1 spiro atoms. The second-order valence-electron chi connectivity index (χ2n) is 7.98. The number of aliphatic carboxylic acids is 1. The van der Waals surface area contributed by atoms with Crippen LogP contribution in [0.25, 0.3) is 0 Å². The summed E-state index contributed by atoms with van der Waals surface area (Å²) in [7, 11) is 0. The largest absolute Gasteiger partial charge is 0.479 e. The van der Waals surface area contributed by atoms with Gasteiger partial charge >= 0.3 is 5.97 Å². The number of likely N-dealkylation sites (tertiary alicyclic amines) is 1. The molecule has 0 unspecified atom stereocenters. The maximum atomic E-state index is 10.2. The van der Waals surface area contributed by atoms with Gasteiger partial charge in [0, 0.05) is 30.6 Å². The van der Waals surface area contributed by atoms with Crippen LogP contribution in [0.5, 0.6) is 0 Å². The lowest BCUT2D eigenvalue weighted by molar-refractivity contribution is -0.146. The molecule has 2 aromatic carbocycles. The minimum absolute atomic E-state index is 0.0295. The van der Waals surface area contributed by atoms with E-state index in [4.69, 9.17) is 15.9 Å².